The van der Waals surface area contributed by atoms with Gasteiger partial charge in [0.1, 0.15) is 0 Å². The smallest absolute Gasteiger partial charge is 0.255 e. The third-order valence-corrected chi connectivity index (χ3v) is 4.57. The highest BCUT2D eigenvalue weighted by atomic mass is 16.3. The number of hydrogen-bond donors (Lipinski definition) is 2. The second kappa shape index (κ2) is 6.78. The molecule has 2 aromatic carbocycles. The Kier molecular flexibility index (Phi) is 4.70. The lowest BCUT2D eigenvalue weighted by molar-refractivity contribution is 0.0367. The second-order valence-electron chi connectivity index (χ2n) is 6.83. The minimum atomic E-state index is -0.746. The molecule has 3 aromatic rings. The van der Waals surface area contributed by atoms with Crippen LogP contribution in [0.5, 0.6) is 0 Å². The van der Waals surface area contributed by atoms with Crippen molar-refractivity contribution in [2.75, 3.05) is 26.8 Å². The van der Waals surface area contributed by atoms with Crippen molar-refractivity contribution in [1.29, 1.82) is 0 Å². The van der Waals surface area contributed by atoms with E-state index in [2.05, 4.69) is 4.98 Å². The fourth-order valence-electron chi connectivity index (χ4n) is 3.09. The van der Waals surface area contributed by atoms with Crippen LogP contribution in [0.3, 0.4) is 0 Å². The minimum Gasteiger partial charge on any atom is -0.396 e. The third kappa shape index (κ3) is 3.21. The van der Waals surface area contributed by atoms with Crippen molar-refractivity contribution < 1.29 is 15.0 Å². The Labute approximate surface area is 146 Å². The number of rotatable bonds is 5. The number of carbonyl (C=O) groups is 1. The number of aromatic nitrogens is 1. The molecule has 0 saturated carbocycles. The summed E-state index contributed by atoms with van der Waals surface area (Å²) in [5.74, 6) is -0.178. The van der Waals surface area contributed by atoms with Gasteiger partial charge in [0.25, 0.3) is 5.91 Å². The van der Waals surface area contributed by atoms with E-state index >= 15 is 0 Å². The zero-order chi connectivity index (χ0) is 18.0. The van der Waals surface area contributed by atoms with Gasteiger partial charge in [0.05, 0.1) is 24.3 Å². The van der Waals surface area contributed by atoms with Crippen molar-refractivity contribution in [2.24, 2.45) is 5.41 Å². The highest BCUT2D eigenvalue weighted by Crippen LogP contribution is 2.28. The average Bonchev–Trinajstić information content (AvgIpc) is 2.66. The molecule has 0 atom stereocenters. The normalized spacial score (nSPS) is 11.8. The topological polar surface area (TPSA) is 73.7 Å². The Bertz CT molecular complexity index is 919. The summed E-state index contributed by atoms with van der Waals surface area (Å²) in [5, 5.41) is 21.9. The van der Waals surface area contributed by atoms with Gasteiger partial charge in [-0.2, -0.15) is 0 Å². The largest absolute Gasteiger partial charge is 0.396 e. The predicted octanol–water partition coefficient (Wildman–Crippen LogP) is 2.45. The molecule has 0 spiro atoms. The zero-order valence-electron chi connectivity index (χ0n) is 14.4. The summed E-state index contributed by atoms with van der Waals surface area (Å²) >= 11 is 0. The fourth-order valence-corrected chi connectivity index (χ4v) is 3.09. The van der Waals surface area contributed by atoms with Crippen LogP contribution in [0.2, 0.25) is 0 Å². The molecule has 1 heterocycles. The standard InChI is InChI=1S/C20H22N2O3/c1-20(12-23,13-24)11-22(2)19(25)17-10-14-6-3-4-7-15(14)16-8-5-9-21-18(16)17/h3-10,23-24H,11-13H2,1-2H3. The summed E-state index contributed by atoms with van der Waals surface area (Å²) in [6, 6.07) is 13.6. The van der Waals surface area contributed by atoms with E-state index in [1.807, 2.05) is 42.5 Å². The molecule has 25 heavy (non-hydrogen) atoms. The predicted molar refractivity (Wildman–Crippen MR) is 98.5 cm³/mol. The molecule has 0 aliphatic heterocycles. The van der Waals surface area contributed by atoms with E-state index in [-0.39, 0.29) is 25.7 Å². The lowest BCUT2D eigenvalue weighted by Crippen LogP contribution is -2.41. The van der Waals surface area contributed by atoms with Crippen molar-refractivity contribution in [1.82, 2.24) is 9.88 Å². The van der Waals surface area contributed by atoms with Crippen molar-refractivity contribution in [3.8, 4) is 0 Å². The second-order valence-corrected chi connectivity index (χ2v) is 6.83. The van der Waals surface area contributed by atoms with E-state index in [0.717, 1.165) is 16.2 Å². The maximum atomic E-state index is 13.0. The molecule has 0 unspecified atom stereocenters. The number of nitrogens with zero attached hydrogens (tertiary/aromatic N) is 2. The van der Waals surface area contributed by atoms with Crippen LogP contribution in [0.25, 0.3) is 21.7 Å². The first-order chi connectivity index (χ1) is 12.0. The Morgan fingerprint density at radius 3 is 2.52 bits per heavy atom. The maximum Gasteiger partial charge on any atom is 0.255 e. The van der Waals surface area contributed by atoms with Crippen LogP contribution in [-0.4, -0.2) is 52.8 Å². The number of pyridine rings is 1. The Morgan fingerprint density at radius 1 is 1.12 bits per heavy atom. The van der Waals surface area contributed by atoms with Crippen LogP contribution >= 0.6 is 0 Å². The molecular weight excluding hydrogens is 316 g/mol. The Balaban J connectivity index is 2.09. The molecule has 0 aliphatic carbocycles. The highest BCUT2D eigenvalue weighted by Gasteiger charge is 2.28. The maximum absolute atomic E-state index is 13.0. The lowest BCUT2D eigenvalue weighted by atomic mass is 9.92. The van der Waals surface area contributed by atoms with E-state index in [9.17, 15) is 15.0 Å². The molecule has 0 bridgehead atoms. The molecule has 0 radical (unpaired) electrons. The molecule has 2 N–H and O–H groups in total. The van der Waals surface area contributed by atoms with Gasteiger partial charge < -0.3 is 15.1 Å². The molecule has 1 aromatic heterocycles. The van der Waals surface area contributed by atoms with Crippen molar-refractivity contribution in [3.05, 3.63) is 54.2 Å². The van der Waals surface area contributed by atoms with Gasteiger partial charge in [0.15, 0.2) is 0 Å². The van der Waals surface area contributed by atoms with Gasteiger partial charge in [-0.25, -0.2) is 0 Å². The van der Waals surface area contributed by atoms with Crippen LogP contribution in [0.1, 0.15) is 17.3 Å². The molecule has 1 amide bonds. The number of aliphatic hydroxyl groups is 2. The number of hydrogen-bond acceptors (Lipinski definition) is 4. The van der Waals surface area contributed by atoms with Crippen molar-refractivity contribution in [2.45, 2.75) is 6.92 Å². The summed E-state index contributed by atoms with van der Waals surface area (Å²) in [7, 11) is 1.68. The van der Waals surface area contributed by atoms with Gasteiger partial charge in [-0.3, -0.25) is 9.78 Å². The molecule has 5 nitrogen and oxygen atoms in total. The van der Waals surface area contributed by atoms with Crippen LogP contribution in [0, 0.1) is 5.41 Å². The van der Waals surface area contributed by atoms with E-state index < -0.39 is 5.41 Å². The quantitative estimate of drug-likeness (QED) is 0.701. The summed E-state index contributed by atoms with van der Waals surface area (Å²) in [6.45, 7) is 1.60. The molecule has 0 fully saturated rings. The first kappa shape index (κ1) is 17.3. The van der Waals surface area contributed by atoms with Crippen LogP contribution in [-0.2, 0) is 0 Å². The van der Waals surface area contributed by atoms with Crippen LogP contribution < -0.4 is 0 Å². The van der Waals surface area contributed by atoms with Gasteiger partial charge >= 0.3 is 0 Å². The summed E-state index contributed by atoms with van der Waals surface area (Å²) in [5.41, 5.74) is 0.438. The average molecular weight is 338 g/mol. The number of amides is 1. The molecule has 0 saturated heterocycles. The summed E-state index contributed by atoms with van der Waals surface area (Å²) < 4.78 is 0. The van der Waals surface area contributed by atoms with Gasteiger partial charge in [0.2, 0.25) is 0 Å². The number of carbonyl (C=O) groups excluding carboxylic acids is 1. The van der Waals surface area contributed by atoms with Crippen LogP contribution in [0.4, 0.5) is 0 Å². The number of fused-ring (bicyclic) bond motifs is 3. The third-order valence-electron chi connectivity index (χ3n) is 4.57. The monoisotopic (exact) mass is 338 g/mol. The van der Waals surface area contributed by atoms with Gasteiger partial charge in [-0.1, -0.05) is 37.3 Å². The van der Waals surface area contributed by atoms with Gasteiger partial charge in [-0.15, -0.1) is 0 Å². The van der Waals surface area contributed by atoms with Crippen molar-refractivity contribution >= 4 is 27.6 Å². The molecule has 0 aliphatic rings. The highest BCUT2D eigenvalue weighted by molar-refractivity contribution is 6.15. The summed E-state index contributed by atoms with van der Waals surface area (Å²) in [4.78, 5) is 19.0. The molecule has 130 valence electrons. The lowest BCUT2D eigenvalue weighted by Gasteiger charge is -2.30. The number of benzene rings is 2. The van der Waals surface area contributed by atoms with Crippen LogP contribution in [0.15, 0.2) is 48.7 Å². The Hall–Kier alpha value is -2.50. The first-order valence-electron chi connectivity index (χ1n) is 8.23. The van der Waals surface area contributed by atoms with Gasteiger partial charge in [-0.05, 0) is 22.9 Å². The van der Waals surface area contributed by atoms with Gasteiger partial charge in [0, 0.05) is 30.6 Å². The minimum absolute atomic E-state index is 0.178. The van der Waals surface area contributed by atoms with E-state index in [1.165, 1.54) is 4.90 Å². The number of aliphatic hydroxyl groups excluding tert-OH is 2. The molecular formula is C20H22N2O3. The van der Waals surface area contributed by atoms with E-state index in [1.54, 1.807) is 20.2 Å². The molecule has 5 heteroatoms. The SMILES string of the molecule is CN(CC(C)(CO)CO)C(=O)c1cc2ccccc2c2cccnc12. The van der Waals surface area contributed by atoms with E-state index in [4.69, 9.17) is 0 Å². The zero-order valence-corrected chi connectivity index (χ0v) is 14.4. The van der Waals surface area contributed by atoms with E-state index in [0.29, 0.717) is 11.1 Å². The summed E-state index contributed by atoms with van der Waals surface area (Å²) in [6.07, 6.45) is 1.68. The molecule has 3 rings (SSSR count). The first-order valence-corrected chi connectivity index (χ1v) is 8.23. The van der Waals surface area contributed by atoms with Crippen molar-refractivity contribution in [3.63, 3.8) is 0 Å². The Morgan fingerprint density at radius 2 is 1.80 bits per heavy atom. The fraction of sp³-hybridized carbons (Fsp3) is 0.300.